The van der Waals surface area contributed by atoms with Gasteiger partial charge in [-0.15, -0.1) is 0 Å². The van der Waals surface area contributed by atoms with Crippen molar-refractivity contribution in [3.8, 4) is 5.75 Å². The van der Waals surface area contributed by atoms with Crippen molar-refractivity contribution in [2.75, 3.05) is 0 Å². The van der Waals surface area contributed by atoms with Crippen molar-refractivity contribution in [1.29, 1.82) is 0 Å². The molecule has 3 N–H and O–H groups in total. The molecule has 0 saturated carbocycles. The molecular weight excluding hydrogens is 387 g/mol. The van der Waals surface area contributed by atoms with Crippen LogP contribution >= 0.6 is 0 Å². The van der Waals surface area contributed by atoms with Gasteiger partial charge in [-0.05, 0) is 24.6 Å². The van der Waals surface area contributed by atoms with Crippen molar-refractivity contribution in [3.05, 3.63) is 35.4 Å². The highest BCUT2D eigenvalue weighted by molar-refractivity contribution is 5.58. The summed E-state index contributed by atoms with van der Waals surface area (Å²) in [6.45, 7) is 3.02. The third kappa shape index (κ3) is 3.22. The van der Waals surface area contributed by atoms with E-state index in [1.165, 1.54) is 0 Å². The topological polar surface area (TPSA) is 60.7 Å². The Balaban J connectivity index is 4.02. The summed E-state index contributed by atoms with van der Waals surface area (Å²) in [5, 5.41) is 28.6. The van der Waals surface area contributed by atoms with E-state index in [-0.39, 0.29) is 13.0 Å². The van der Waals surface area contributed by atoms with Gasteiger partial charge in [0, 0.05) is 11.1 Å². The molecule has 1 unspecified atom stereocenters. The van der Waals surface area contributed by atoms with Crippen LogP contribution in [0.1, 0.15) is 23.6 Å². The molecule has 0 amide bonds. The van der Waals surface area contributed by atoms with Crippen molar-refractivity contribution in [3.63, 3.8) is 0 Å². The van der Waals surface area contributed by atoms with E-state index in [0.717, 1.165) is 0 Å². The monoisotopic (exact) mass is 398 g/mol. The third-order valence-corrected chi connectivity index (χ3v) is 3.65. The Morgan fingerprint density at radius 3 is 1.50 bits per heavy atom. The molecule has 0 fully saturated rings. The molecule has 12 heteroatoms. The lowest BCUT2D eigenvalue weighted by Gasteiger charge is -2.35. The maximum Gasteiger partial charge on any atom is 0.430 e. The first kappa shape index (κ1) is 22.1. The van der Waals surface area contributed by atoms with Gasteiger partial charge in [0.25, 0.3) is 5.60 Å². The minimum absolute atomic E-state index is 0.0128. The summed E-state index contributed by atoms with van der Waals surface area (Å²) >= 11 is 0. The highest BCUT2D eigenvalue weighted by Gasteiger charge is 2.72. The minimum atomic E-state index is -6.45. The first-order chi connectivity index (χ1) is 11.3. The number of halogens is 9. The molecule has 0 aliphatic rings. The summed E-state index contributed by atoms with van der Waals surface area (Å²) in [5.41, 5.74) is -14.5. The fourth-order valence-corrected chi connectivity index (χ4v) is 2.04. The minimum Gasteiger partial charge on any atom is -0.507 e. The van der Waals surface area contributed by atoms with Gasteiger partial charge in [0.05, 0.1) is 0 Å². The van der Waals surface area contributed by atoms with E-state index in [4.69, 9.17) is 0 Å². The summed E-state index contributed by atoms with van der Waals surface area (Å²) < 4.78 is 117. The fourth-order valence-electron chi connectivity index (χ4n) is 2.04. The van der Waals surface area contributed by atoms with E-state index in [0.29, 0.717) is 12.1 Å². The van der Waals surface area contributed by atoms with E-state index in [1.807, 2.05) is 0 Å². The van der Waals surface area contributed by atoms with E-state index in [1.54, 1.807) is 0 Å². The summed E-state index contributed by atoms with van der Waals surface area (Å²) in [4.78, 5) is 0. The Hall–Kier alpha value is -1.95. The number of aliphatic hydroxyl groups is 2. The molecule has 0 saturated heterocycles. The van der Waals surface area contributed by atoms with E-state index in [2.05, 4.69) is 6.58 Å². The van der Waals surface area contributed by atoms with Crippen LogP contribution in [0.15, 0.2) is 18.7 Å². The van der Waals surface area contributed by atoms with Crippen LogP contribution in [0, 0.1) is 0 Å². The number of benzene rings is 1. The molecule has 3 nitrogen and oxygen atoms in total. The summed E-state index contributed by atoms with van der Waals surface area (Å²) in [6.07, 6.45) is -17.9. The lowest BCUT2D eigenvalue weighted by Crippen LogP contribution is -2.54. The molecule has 148 valence electrons. The van der Waals surface area contributed by atoms with Crippen LogP contribution in [-0.4, -0.2) is 33.8 Å². The van der Waals surface area contributed by atoms with Crippen LogP contribution in [0.4, 0.5) is 39.5 Å². The molecule has 1 aromatic carbocycles. The standard InChI is InChI=1S/C14H11F9O3/c1-3-6-4-7(10(2,25)12(15,16)17)9(24)8(5-6)11(26,13(18,19)20)14(21,22)23/h3-5,24-26H,1H2,2H3. The molecule has 1 rings (SSSR count). The van der Waals surface area contributed by atoms with Crippen LogP contribution in [-0.2, 0) is 11.2 Å². The van der Waals surface area contributed by atoms with Crippen LogP contribution in [0.2, 0.25) is 0 Å². The lowest BCUT2D eigenvalue weighted by molar-refractivity contribution is -0.376. The van der Waals surface area contributed by atoms with E-state index in [9.17, 15) is 54.8 Å². The van der Waals surface area contributed by atoms with Crippen LogP contribution in [0.5, 0.6) is 5.75 Å². The number of phenolic OH excluding ortho intramolecular Hbond substituents is 1. The second-order valence-corrected chi connectivity index (χ2v) is 5.44. The normalized spacial score (nSPS) is 16.3. The Labute approximate surface area is 140 Å². The molecule has 1 aromatic rings. The van der Waals surface area contributed by atoms with Gasteiger partial charge in [-0.25, -0.2) is 0 Å². The van der Waals surface area contributed by atoms with Gasteiger partial charge < -0.3 is 15.3 Å². The van der Waals surface area contributed by atoms with E-state index >= 15 is 0 Å². The smallest absolute Gasteiger partial charge is 0.430 e. The number of phenols is 1. The first-order valence-electron chi connectivity index (χ1n) is 6.47. The van der Waals surface area contributed by atoms with Crippen molar-refractivity contribution in [2.45, 2.75) is 36.7 Å². The second kappa shape index (κ2) is 6.05. The Morgan fingerprint density at radius 1 is 0.808 bits per heavy atom. The number of alkyl halides is 9. The molecule has 0 heterocycles. The van der Waals surface area contributed by atoms with Crippen molar-refractivity contribution < 1.29 is 54.8 Å². The zero-order valence-electron chi connectivity index (χ0n) is 12.7. The number of rotatable bonds is 3. The van der Waals surface area contributed by atoms with Crippen LogP contribution in [0.25, 0.3) is 6.08 Å². The SMILES string of the molecule is C=Cc1cc(C(C)(O)C(F)(F)F)c(O)c(C(O)(C(F)(F)F)C(F)(F)F)c1. The molecule has 0 aromatic heterocycles. The summed E-state index contributed by atoms with van der Waals surface area (Å²) in [7, 11) is 0. The molecule has 26 heavy (non-hydrogen) atoms. The molecule has 1 atom stereocenters. The first-order valence-corrected chi connectivity index (χ1v) is 6.47. The maximum absolute atomic E-state index is 13.0. The largest absolute Gasteiger partial charge is 0.507 e. The van der Waals surface area contributed by atoms with E-state index < -0.39 is 52.2 Å². The number of hydrogen-bond acceptors (Lipinski definition) is 3. The highest BCUT2D eigenvalue weighted by Crippen LogP contribution is 2.54. The van der Waals surface area contributed by atoms with Gasteiger partial charge in [0.2, 0.25) is 0 Å². The van der Waals surface area contributed by atoms with Crippen molar-refractivity contribution in [1.82, 2.24) is 0 Å². The highest BCUT2D eigenvalue weighted by atomic mass is 19.4. The predicted octanol–water partition coefficient (Wildman–Crippen LogP) is 4.12. The fraction of sp³-hybridized carbons (Fsp3) is 0.429. The van der Waals surface area contributed by atoms with Gasteiger partial charge in [0.1, 0.15) is 5.75 Å². The Kier molecular flexibility index (Phi) is 5.14. The van der Waals surface area contributed by atoms with Gasteiger partial charge in [-0.1, -0.05) is 12.7 Å². The second-order valence-electron chi connectivity index (χ2n) is 5.44. The number of hydrogen-bond donors (Lipinski definition) is 3. The van der Waals surface area contributed by atoms with Crippen molar-refractivity contribution in [2.24, 2.45) is 0 Å². The third-order valence-electron chi connectivity index (χ3n) is 3.65. The van der Waals surface area contributed by atoms with Crippen LogP contribution < -0.4 is 0 Å². The average Bonchev–Trinajstić information content (AvgIpc) is 2.42. The maximum atomic E-state index is 13.0. The lowest BCUT2D eigenvalue weighted by atomic mass is 9.84. The zero-order chi connectivity index (χ0) is 20.9. The van der Waals surface area contributed by atoms with Gasteiger partial charge in [0.15, 0.2) is 5.60 Å². The molecular formula is C14H11F9O3. The van der Waals surface area contributed by atoms with Gasteiger partial charge in [-0.3, -0.25) is 0 Å². The Morgan fingerprint density at radius 2 is 1.19 bits per heavy atom. The Bertz CT molecular complexity index is 685. The molecule has 0 bridgehead atoms. The van der Waals surface area contributed by atoms with Crippen LogP contribution in [0.3, 0.4) is 0 Å². The zero-order valence-corrected chi connectivity index (χ0v) is 12.7. The average molecular weight is 398 g/mol. The summed E-state index contributed by atoms with van der Waals surface area (Å²) in [6, 6.07) is 0.270. The van der Waals surface area contributed by atoms with Gasteiger partial charge >= 0.3 is 18.5 Å². The summed E-state index contributed by atoms with van der Waals surface area (Å²) in [5.74, 6) is -2.21. The van der Waals surface area contributed by atoms with Gasteiger partial charge in [-0.2, -0.15) is 39.5 Å². The molecule has 0 radical (unpaired) electrons. The molecule has 0 aliphatic heterocycles. The molecule has 0 aliphatic carbocycles. The predicted molar refractivity (Wildman–Crippen MR) is 69.8 cm³/mol. The molecule has 0 spiro atoms. The van der Waals surface area contributed by atoms with Crippen molar-refractivity contribution >= 4 is 6.08 Å². The number of aromatic hydroxyl groups is 1. The quantitative estimate of drug-likeness (QED) is 0.672.